The van der Waals surface area contributed by atoms with E-state index in [1.807, 2.05) is 0 Å². The molecule has 0 aliphatic carbocycles. The average molecular weight is 612 g/mol. The van der Waals surface area contributed by atoms with Crippen LogP contribution >= 0.6 is 58.1 Å². The molecule has 0 N–H and O–H groups in total. The Bertz CT molecular complexity index is 220. The van der Waals surface area contributed by atoms with E-state index in [2.05, 4.69) is 92.7 Å². The normalized spacial score (nSPS) is 10.1. The van der Waals surface area contributed by atoms with Gasteiger partial charge in [-0.1, -0.05) is 34.6 Å². The predicted octanol–water partition coefficient (Wildman–Crippen LogP) is 5.60. The molecule has 0 spiro atoms. The van der Waals surface area contributed by atoms with Crippen molar-refractivity contribution in [3.05, 3.63) is 27.8 Å². The van der Waals surface area contributed by atoms with Crippen molar-refractivity contribution in [1.82, 2.24) is 0 Å². The first-order valence-electron chi connectivity index (χ1n) is 4.21. The Kier molecular flexibility index (Phi) is 8.73. The molecule has 1 aromatic carbocycles. The van der Waals surface area contributed by atoms with E-state index in [0.717, 1.165) is 0 Å². The van der Waals surface area contributed by atoms with Crippen LogP contribution in [0.4, 0.5) is 0 Å². The van der Waals surface area contributed by atoms with Gasteiger partial charge in [0.05, 0.1) is 0 Å². The van der Waals surface area contributed by atoms with Gasteiger partial charge in [-0.05, 0) is 0 Å². The summed E-state index contributed by atoms with van der Waals surface area (Å²) in [6, 6.07) is 0. The van der Waals surface area contributed by atoms with Gasteiger partial charge in [0, 0.05) is 0 Å². The molecule has 1 aromatic rings. The molecule has 0 radical (unpaired) electrons. The first-order valence-corrected chi connectivity index (χ1v) is 22.1. The molecule has 14 heavy (non-hydrogen) atoms. The van der Waals surface area contributed by atoms with E-state index in [4.69, 9.17) is 0 Å². The second-order valence-electron chi connectivity index (χ2n) is 3.30. The van der Waals surface area contributed by atoms with Gasteiger partial charge in [0.2, 0.25) is 0 Å². The third kappa shape index (κ3) is 5.04. The summed E-state index contributed by atoms with van der Waals surface area (Å²) in [4.78, 5) is 0. The van der Waals surface area contributed by atoms with Crippen LogP contribution in [0, 0.1) is 34.6 Å². The minimum absolute atomic E-state index is 0.447. The van der Waals surface area contributed by atoms with Crippen molar-refractivity contribution in [1.29, 1.82) is 0 Å². The van der Waals surface area contributed by atoms with Crippen molar-refractivity contribution in [2.45, 2.75) is 34.6 Å². The number of halogens is 3. The van der Waals surface area contributed by atoms with Crippen molar-refractivity contribution < 1.29 is 6.27 Å². The maximum absolute atomic E-state index is 2.49. The molecule has 0 aliphatic heterocycles. The molecule has 0 bridgehead atoms. The van der Waals surface area contributed by atoms with Gasteiger partial charge in [0.15, 0.2) is 0 Å². The molecule has 0 atom stereocenters. The van der Waals surface area contributed by atoms with Crippen molar-refractivity contribution in [2.24, 2.45) is 0 Å². The first-order chi connectivity index (χ1) is 6.29. The van der Waals surface area contributed by atoms with E-state index in [1.54, 1.807) is 0 Å². The van der Waals surface area contributed by atoms with Gasteiger partial charge in [-0.3, -0.25) is 0 Å². The fourth-order valence-corrected chi connectivity index (χ4v) is 1.41. The Morgan fingerprint density at radius 2 is 1.07 bits per heavy atom. The zero-order valence-corrected chi connectivity index (χ0v) is 17.5. The summed E-state index contributed by atoms with van der Waals surface area (Å²) in [5.74, 6) is 0. The molecule has 0 fully saturated rings. The molecule has 1 rings (SSSR count). The monoisotopic (exact) mass is 614 g/mol. The Hall–Kier alpha value is 2.23. The van der Waals surface area contributed by atoms with Crippen molar-refractivity contribution in [2.75, 3.05) is 0 Å². The summed E-state index contributed by atoms with van der Waals surface area (Å²) in [6.07, 6.45) is -0.447. The number of hydrogen-bond donors (Lipinski definition) is 0. The third-order valence-electron chi connectivity index (χ3n) is 2.81. The van der Waals surface area contributed by atoms with Gasteiger partial charge in [0.25, 0.3) is 0 Å². The molecule has 83 valence electrons. The van der Waals surface area contributed by atoms with Crippen molar-refractivity contribution in [3.8, 4) is 0 Å². The molecule has 0 aliphatic rings. The molecular formula is C10H15I3Mo-. The van der Waals surface area contributed by atoms with E-state index in [-0.39, 0.29) is 0 Å². The van der Waals surface area contributed by atoms with E-state index < -0.39 is 6.27 Å². The Labute approximate surface area is 124 Å². The van der Waals surface area contributed by atoms with E-state index in [1.165, 1.54) is 27.8 Å². The van der Waals surface area contributed by atoms with Crippen molar-refractivity contribution in [3.63, 3.8) is 0 Å². The second kappa shape index (κ2) is 7.53. The van der Waals surface area contributed by atoms with E-state index in [9.17, 15) is 0 Å². The molecule has 0 nitrogen and oxygen atoms in total. The summed E-state index contributed by atoms with van der Waals surface area (Å²) >= 11 is 7.46. The van der Waals surface area contributed by atoms with Crippen LogP contribution in [-0.4, -0.2) is 0 Å². The van der Waals surface area contributed by atoms with Gasteiger partial charge >= 0.3 is 64.3 Å². The van der Waals surface area contributed by atoms with Crippen LogP contribution in [-0.2, 0) is 6.27 Å². The van der Waals surface area contributed by atoms with E-state index >= 15 is 0 Å². The SMILES string of the molecule is Cc1c(C)c(C)[c-](C)c1C.[I][Mo]([I])[I]. The molecule has 0 saturated carbocycles. The fraction of sp³-hybridized carbons (Fsp3) is 0.500. The minimum atomic E-state index is -0.447. The van der Waals surface area contributed by atoms with Crippen LogP contribution < -0.4 is 0 Å². The third-order valence-corrected chi connectivity index (χ3v) is 2.81. The molecule has 0 saturated heterocycles. The number of rotatable bonds is 0. The second-order valence-corrected chi connectivity index (χ2v) is 49.7. The molecule has 0 amide bonds. The van der Waals surface area contributed by atoms with Crippen molar-refractivity contribution >= 4 is 58.1 Å². The molecule has 0 unspecified atom stereocenters. The molecule has 0 aromatic heterocycles. The Morgan fingerprint density at radius 3 is 1.14 bits per heavy atom. The summed E-state index contributed by atoms with van der Waals surface area (Å²) in [5.41, 5.74) is 7.34. The van der Waals surface area contributed by atoms with Crippen LogP contribution in [0.2, 0.25) is 0 Å². The Balaban J connectivity index is 0.000000364. The van der Waals surface area contributed by atoms with Gasteiger partial charge in [-0.15, -0.1) is 0 Å². The predicted molar refractivity (Wildman–Crippen MR) is 87.8 cm³/mol. The molecule has 4 heteroatoms. The summed E-state index contributed by atoms with van der Waals surface area (Å²) in [5, 5.41) is 0. The molecule has 0 heterocycles. The summed E-state index contributed by atoms with van der Waals surface area (Å²) in [7, 11) is 0. The maximum atomic E-state index is 2.49. The van der Waals surface area contributed by atoms with Gasteiger partial charge < -0.3 is 0 Å². The summed E-state index contributed by atoms with van der Waals surface area (Å²) < 4.78 is 0. The average Bonchev–Trinajstić information content (AvgIpc) is 2.23. The van der Waals surface area contributed by atoms with Crippen LogP contribution in [0.25, 0.3) is 0 Å². The van der Waals surface area contributed by atoms with Crippen LogP contribution in [0.5, 0.6) is 0 Å². The van der Waals surface area contributed by atoms with Crippen LogP contribution in [0.1, 0.15) is 27.8 Å². The first kappa shape index (κ1) is 16.2. The standard InChI is InChI=1S/C10H15.3HI.Mo/c1-6-7(2)9(4)10(5)8(6)3;;;;/h1-5H3;3*1H;/q-1;;;;+3/p-3. The van der Waals surface area contributed by atoms with Crippen LogP contribution in [0.3, 0.4) is 0 Å². The summed E-state index contributed by atoms with van der Waals surface area (Å²) in [6.45, 7) is 11.0. The Morgan fingerprint density at radius 1 is 0.857 bits per heavy atom. The van der Waals surface area contributed by atoms with Crippen LogP contribution in [0.15, 0.2) is 0 Å². The van der Waals surface area contributed by atoms with Gasteiger partial charge in [-0.25, -0.2) is 0 Å². The zero-order valence-electron chi connectivity index (χ0n) is 9.04. The zero-order chi connectivity index (χ0) is 11.5. The molecular weight excluding hydrogens is 597 g/mol. The van der Waals surface area contributed by atoms with Gasteiger partial charge in [0.1, 0.15) is 0 Å². The van der Waals surface area contributed by atoms with E-state index in [0.29, 0.717) is 0 Å². The van der Waals surface area contributed by atoms with Gasteiger partial charge in [-0.2, -0.15) is 27.8 Å². The number of hydrogen-bond acceptors (Lipinski definition) is 0. The topological polar surface area (TPSA) is 0 Å². The fourth-order valence-electron chi connectivity index (χ4n) is 1.41. The quantitative estimate of drug-likeness (QED) is 0.204.